The number of ether oxygens (including phenoxy) is 1. The molecule has 28 heavy (non-hydrogen) atoms. The maximum atomic E-state index is 13.4. The lowest BCUT2D eigenvalue weighted by atomic mass is 10.00. The van der Waals surface area contributed by atoms with Crippen molar-refractivity contribution >= 4 is 5.91 Å². The summed E-state index contributed by atoms with van der Waals surface area (Å²) < 4.78 is 6.83. The summed E-state index contributed by atoms with van der Waals surface area (Å²) in [6.45, 7) is 0.747. The molecule has 0 spiro atoms. The molecule has 0 radical (unpaired) electrons. The monoisotopic (exact) mass is 377 g/mol. The summed E-state index contributed by atoms with van der Waals surface area (Å²) >= 11 is 0. The smallest absolute Gasteiger partial charge is 0.254 e. The third kappa shape index (κ3) is 3.74. The van der Waals surface area contributed by atoms with E-state index in [1.54, 1.807) is 36.4 Å². The minimum absolute atomic E-state index is 0.0199. The van der Waals surface area contributed by atoms with Gasteiger partial charge in [-0.25, -0.2) is 14.6 Å². The number of hydrogen-bond donors (Lipinski definition) is 0. The van der Waals surface area contributed by atoms with Gasteiger partial charge < -0.3 is 9.64 Å². The highest BCUT2D eigenvalue weighted by molar-refractivity contribution is 5.94. The van der Waals surface area contributed by atoms with E-state index in [9.17, 15) is 4.79 Å². The molecule has 1 saturated heterocycles. The van der Waals surface area contributed by atoms with Crippen LogP contribution in [0.25, 0.3) is 5.82 Å². The van der Waals surface area contributed by atoms with E-state index in [1.165, 1.54) is 6.33 Å². The average molecular weight is 377 g/mol. The fourth-order valence-electron chi connectivity index (χ4n) is 3.69. The summed E-state index contributed by atoms with van der Waals surface area (Å²) in [4.78, 5) is 23.7. The van der Waals surface area contributed by atoms with E-state index >= 15 is 0 Å². The van der Waals surface area contributed by atoms with Gasteiger partial charge in [-0.05, 0) is 42.7 Å². The number of pyridine rings is 1. The van der Waals surface area contributed by atoms with Crippen LogP contribution in [-0.2, 0) is 0 Å². The van der Waals surface area contributed by atoms with Crippen molar-refractivity contribution in [3.05, 3.63) is 66.4 Å². The molecule has 1 aliphatic heterocycles. The van der Waals surface area contributed by atoms with Gasteiger partial charge in [0, 0.05) is 18.3 Å². The Morgan fingerprint density at radius 3 is 2.75 bits per heavy atom. The Morgan fingerprint density at radius 1 is 1.14 bits per heavy atom. The van der Waals surface area contributed by atoms with Gasteiger partial charge in [0.2, 0.25) is 0 Å². The van der Waals surface area contributed by atoms with E-state index in [-0.39, 0.29) is 11.9 Å². The maximum absolute atomic E-state index is 13.4. The Morgan fingerprint density at radius 2 is 2.00 bits per heavy atom. The molecule has 3 heterocycles. The molecule has 0 bridgehead atoms. The van der Waals surface area contributed by atoms with Crippen molar-refractivity contribution in [3.63, 3.8) is 0 Å². The number of benzene rings is 1. The number of carbonyl (C=O) groups is 1. The Balaban J connectivity index is 1.64. The molecule has 144 valence electrons. The molecule has 4 rings (SSSR count). The van der Waals surface area contributed by atoms with Crippen molar-refractivity contribution < 1.29 is 9.53 Å². The van der Waals surface area contributed by atoms with E-state index in [1.807, 2.05) is 17.0 Å². The summed E-state index contributed by atoms with van der Waals surface area (Å²) in [5.74, 6) is 1.42. The lowest BCUT2D eigenvalue weighted by Gasteiger charge is -2.30. The van der Waals surface area contributed by atoms with E-state index < -0.39 is 0 Å². The highest BCUT2D eigenvalue weighted by Gasteiger charge is 2.28. The van der Waals surface area contributed by atoms with Crippen LogP contribution >= 0.6 is 0 Å². The largest absolute Gasteiger partial charge is 0.497 e. The van der Waals surface area contributed by atoms with Crippen LogP contribution < -0.4 is 4.74 Å². The topological polar surface area (TPSA) is 73.1 Å². The summed E-state index contributed by atoms with van der Waals surface area (Å²) in [5, 5.41) is 4.10. The predicted molar refractivity (Wildman–Crippen MR) is 104 cm³/mol. The second kappa shape index (κ2) is 8.21. The van der Waals surface area contributed by atoms with Crippen LogP contribution in [0.4, 0.5) is 0 Å². The van der Waals surface area contributed by atoms with Crippen molar-refractivity contribution in [3.8, 4) is 11.6 Å². The zero-order valence-electron chi connectivity index (χ0n) is 15.9. The molecule has 3 aromatic rings. The normalized spacial score (nSPS) is 17.2. The molecule has 7 nitrogen and oxygen atoms in total. The molecule has 0 N–H and O–H groups in total. The van der Waals surface area contributed by atoms with Crippen LogP contribution in [0.5, 0.6) is 5.75 Å². The fraction of sp³-hybridized carbons (Fsp3) is 0.333. The third-order valence-corrected chi connectivity index (χ3v) is 5.16. The molecular weight excluding hydrogens is 354 g/mol. The number of carbonyl (C=O) groups excluding carboxylic acids is 1. The first-order valence-corrected chi connectivity index (χ1v) is 9.52. The number of amides is 1. The molecule has 1 atom stereocenters. The number of hydrogen-bond acceptors (Lipinski definition) is 5. The van der Waals surface area contributed by atoms with E-state index in [4.69, 9.17) is 4.74 Å². The second-order valence-electron chi connectivity index (χ2n) is 6.88. The first-order chi connectivity index (χ1) is 13.8. The Kier molecular flexibility index (Phi) is 5.32. The first kappa shape index (κ1) is 18.2. The van der Waals surface area contributed by atoms with Gasteiger partial charge >= 0.3 is 0 Å². The van der Waals surface area contributed by atoms with Gasteiger partial charge in [0.25, 0.3) is 5.91 Å². The minimum atomic E-state index is 0.0199. The van der Waals surface area contributed by atoms with Gasteiger partial charge in [0.15, 0.2) is 5.82 Å². The van der Waals surface area contributed by atoms with E-state index in [0.717, 1.165) is 43.5 Å². The predicted octanol–water partition coefficient (Wildman–Crippen LogP) is 3.43. The molecule has 7 heteroatoms. The van der Waals surface area contributed by atoms with Crippen molar-refractivity contribution in [2.45, 2.75) is 31.7 Å². The number of aromatic nitrogens is 4. The van der Waals surface area contributed by atoms with Crippen LogP contribution in [0.2, 0.25) is 0 Å². The van der Waals surface area contributed by atoms with Crippen molar-refractivity contribution in [2.75, 3.05) is 13.7 Å². The molecular formula is C21H23N5O2. The van der Waals surface area contributed by atoms with E-state index in [0.29, 0.717) is 11.4 Å². The minimum Gasteiger partial charge on any atom is -0.497 e. The number of likely N-dealkylation sites (tertiary alicyclic amines) is 1. The molecule has 1 fully saturated rings. The van der Waals surface area contributed by atoms with Crippen molar-refractivity contribution in [1.82, 2.24) is 24.6 Å². The summed E-state index contributed by atoms with van der Waals surface area (Å²) in [5.41, 5.74) is 1.75. The quantitative estimate of drug-likeness (QED) is 0.696. The summed E-state index contributed by atoms with van der Waals surface area (Å²) in [6, 6.07) is 11.6. The highest BCUT2D eigenvalue weighted by Crippen LogP contribution is 2.32. The highest BCUT2D eigenvalue weighted by atomic mass is 16.5. The van der Waals surface area contributed by atoms with Crippen molar-refractivity contribution in [1.29, 1.82) is 0 Å². The van der Waals surface area contributed by atoms with Crippen LogP contribution in [0, 0.1) is 0 Å². The molecule has 1 aliphatic rings. The SMILES string of the molecule is COc1ccc(C2CCCCCN2C(=O)c2ccnc(-n3cncn3)c2)cc1. The molecule has 0 aliphatic carbocycles. The van der Waals surface area contributed by atoms with Gasteiger partial charge in [-0.3, -0.25) is 4.79 Å². The van der Waals surface area contributed by atoms with Gasteiger partial charge in [0.1, 0.15) is 18.4 Å². The van der Waals surface area contributed by atoms with Gasteiger partial charge in [0.05, 0.1) is 13.2 Å². The van der Waals surface area contributed by atoms with Gasteiger partial charge in [-0.15, -0.1) is 0 Å². The average Bonchev–Trinajstić information content (AvgIpc) is 3.18. The maximum Gasteiger partial charge on any atom is 0.254 e. The molecule has 1 unspecified atom stereocenters. The molecule has 1 amide bonds. The van der Waals surface area contributed by atoms with Gasteiger partial charge in [-0.2, -0.15) is 5.10 Å². The molecule has 0 saturated carbocycles. The van der Waals surface area contributed by atoms with Crippen LogP contribution in [0.1, 0.15) is 47.6 Å². The summed E-state index contributed by atoms with van der Waals surface area (Å²) in [6.07, 6.45) is 8.88. The summed E-state index contributed by atoms with van der Waals surface area (Å²) in [7, 11) is 1.66. The Labute approximate surface area is 164 Å². The fourth-order valence-corrected chi connectivity index (χ4v) is 3.69. The second-order valence-corrected chi connectivity index (χ2v) is 6.88. The Bertz CT molecular complexity index is 924. The molecule has 1 aromatic carbocycles. The first-order valence-electron chi connectivity index (χ1n) is 9.52. The number of rotatable bonds is 4. The zero-order chi connectivity index (χ0) is 19.3. The van der Waals surface area contributed by atoms with Crippen LogP contribution in [0.3, 0.4) is 0 Å². The number of methoxy groups -OCH3 is 1. The van der Waals surface area contributed by atoms with Crippen molar-refractivity contribution in [2.24, 2.45) is 0 Å². The Hall–Kier alpha value is -3.22. The lowest BCUT2D eigenvalue weighted by Crippen LogP contribution is -2.35. The number of nitrogens with zero attached hydrogens (tertiary/aromatic N) is 5. The molecule has 2 aromatic heterocycles. The third-order valence-electron chi connectivity index (χ3n) is 5.16. The van der Waals surface area contributed by atoms with Gasteiger partial charge in [-0.1, -0.05) is 25.0 Å². The van der Waals surface area contributed by atoms with Crippen LogP contribution in [-0.4, -0.2) is 44.2 Å². The van der Waals surface area contributed by atoms with Crippen LogP contribution in [0.15, 0.2) is 55.2 Å². The standard InChI is InChI=1S/C21H23N5O2/c1-28-18-8-6-16(7-9-18)19-5-3-2-4-12-25(19)21(27)17-10-11-23-20(13-17)26-15-22-14-24-26/h6-11,13-15,19H,2-5,12H2,1H3. The zero-order valence-corrected chi connectivity index (χ0v) is 15.9. The lowest BCUT2D eigenvalue weighted by molar-refractivity contribution is 0.0680. The van der Waals surface area contributed by atoms with E-state index in [2.05, 4.69) is 27.2 Å².